The maximum Gasteiger partial charge on any atom is 0.304 e. The molecule has 0 bridgehead atoms. The van der Waals surface area contributed by atoms with Crippen molar-refractivity contribution < 1.29 is 19.5 Å². The Balaban J connectivity index is 2.58. The van der Waals surface area contributed by atoms with Gasteiger partial charge in [0.2, 0.25) is 5.91 Å². The molecule has 3 atom stereocenters. The summed E-state index contributed by atoms with van der Waals surface area (Å²) in [7, 11) is -2.31. The SMILES string of the molecule is C=C(/C=C\C(Cl)=C/C)[C@@H]1C(c2cccc(Cl)c2)C[C@](C)(CC(=O)O)C(=O)N1CCC[Si](C)(C)O. The van der Waals surface area contributed by atoms with Crippen molar-refractivity contribution in [3.63, 3.8) is 0 Å². The lowest BCUT2D eigenvalue weighted by atomic mass is 9.67. The van der Waals surface area contributed by atoms with Crippen LogP contribution < -0.4 is 0 Å². The highest BCUT2D eigenvalue weighted by atomic mass is 35.5. The summed E-state index contributed by atoms with van der Waals surface area (Å²) in [4.78, 5) is 37.6. The van der Waals surface area contributed by atoms with E-state index in [-0.39, 0.29) is 18.2 Å². The fourth-order valence-corrected chi connectivity index (χ4v) is 5.94. The highest BCUT2D eigenvalue weighted by Gasteiger charge is 2.50. The Kier molecular flexibility index (Phi) is 9.77. The molecule has 1 aliphatic rings. The number of aliphatic carboxylic acids is 1. The number of benzene rings is 1. The standard InChI is InChI=1S/C26H35Cl2NO4Si/c1-6-20(27)12-11-18(2)24-22(19-9-7-10-21(28)15-19)16-26(3,17-23(30)31)25(32)29(24)13-8-14-34(4,5)33/h6-7,9-12,15,22,24,33H,2,8,13-14,16-17H2,1,3-5H3,(H,30,31)/b12-11-,20-6+/t22?,24-,26-/m1/s1. The normalized spacial score (nSPS) is 24.0. The minimum absolute atomic E-state index is 0.206. The first-order valence-corrected chi connectivity index (χ1v) is 15.4. The van der Waals surface area contributed by atoms with E-state index in [0.717, 1.165) is 5.56 Å². The number of piperidine rings is 1. The molecule has 2 N–H and O–H groups in total. The van der Waals surface area contributed by atoms with E-state index >= 15 is 0 Å². The molecule has 1 fully saturated rings. The molecule has 1 saturated heterocycles. The van der Waals surface area contributed by atoms with Gasteiger partial charge in [-0.1, -0.05) is 61.0 Å². The number of rotatable bonds is 10. The lowest BCUT2D eigenvalue weighted by Gasteiger charge is -2.49. The molecule has 0 aromatic heterocycles. The molecular weight excluding hydrogens is 489 g/mol. The van der Waals surface area contributed by atoms with Gasteiger partial charge in [0, 0.05) is 22.5 Å². The molecule has 0 saturated carbocycles. The number of nitrogens with zero attached hydrogens (tertiary/aromatic N) is 1. The van der Waals surface area contributed by atoms with Crippen LogP contribution in [0.2, 0.25) is 24.2 Å². The van der Waals surface area contributed by atoms with Gasteiger partial charge in [-0.25, -0.2) is 0 Å². The molecule has 1 amide bonds. The zero-order valence-electron chi connectivity index (χ0n) is 20.4. The molecule has 186 valence electrons. The van der Waals surface area contributed by atoms with Crippen molar-refractivity contribution in [2.24, 2.45) is 5.41 Å². The van der Waals surface area contributed by atoms with Gasteiger partial charge in [0.25, 0.3) is 0 Å². The van der Waals surface area contributed by atoms with E-state index in [2.05, 4.69) is 6.58 Å². The first kappa shape index (κ1) is 28.4. The van der Waals surface area contributed by atoms with Gasteiger partial charge in [-0.05, 0) is 68.2 Å². The molecule has 1 aliphatic heterocycles. The monoisotopic (exact) mass is 523 g/mol. The number of amides is 1. The summed E-state index contributed by atoms with van der Waals surface area (Å²) >= 11 is 12.5. The van der Waals surface area contributed by atoms with Crippen molar-refractivity contribution in [2.75, 3.05) is 6.54 Å². The molecule has 8 heteroatoms. The highest BCUT2D eigenvalue weighted by molar-refractivity contribution is 6.69. The maximum atomic E-state index is 13.8. The Bertz CT molecular complexity index is 985. The van der Waals surface area contributed by atoms with E-state index in [9.17, 15) is 19.5 Å². The summed E-state index contributed by atoms with van der Waals surface area (Å²) in [5.74, 6) is -1.43. The Morgan fingerprint density at radius 1 is 1.35 bits per heavy atom. The van der Waals surface area contributed by atoms with Gasteiger partial charge >= 0.3 is 5.97 Å². The van der Waals surface area contributed by atoms with Gasteiger partial charge in [-0.2, -0.15) is 0 Å². The van der Waals surface area contributed by atoms with Crippen molar-refractivity contribution in [1.29, 1.82) is 0 Å². The molecule has 34 heavy (non-hydrogen) atoms. The van der Waals surface area contributed by atoms with Crippen LogP contribution >= 0.6 is 23.2 Å². The number of halogens is 2. The van der Waals surface area contributed by atoms with Gasteiger partial charge in [0.1, 0.15) is 0 Å². The summed E-state index contributed by atoms with van der Waals surface area (Å²) in [5.41, 5.74) is 0.554. The predicted octanol–water partition coefficient (Wildman–Crippen LogP) is 6.35. The minimum atomic E-state index is -2.31. The third-order valence-corrected chi connectivity index (χ3v) is 8.44. The van der Waals surface area contributed by atoms with Crippen molar-refractivity contribution in [2.45, 2.75) is 64.2 Å². The Morgan fingerprint density at radius 2 is 2.03 bits per heavy atom. The number of carboxylic acid groups (broad SMARTS) is 1. The summed E-state index contributed by atoms with van der Waals surface area (Å²) in [6, 6.07) is 7.71. The number of carbonyl (C=O) groups excluding carboxylic acids is 1. The van der Waals surface area contributed by atoms with Crippen LogP contribution in [0.15, 0.2) is 59.7 Å². The topological polar surface area (TPSA) is 77.8 Å². The average Bonchev–Trinajstić information content (AvgIpc) is 2.73. The predicted molar refractivity (Wildman–Crippen MR) is 142 cm³/mol. The van der Waals surface area contributed by atoms with Crippen LogP contribution in [0.5, 0.6) is 0 Å². The fraction of sp³-hybridized carbons (Fsp3) is 0.462. The zero-order valence-corrected chi connectivity index (χ0v) is 22.9. The smallest absolute Gasteiger partial charge is 0.304 e. The highest BCUT2D eigenvalue weighted by Crippen LogP contribution is 2.47. The van der Waals surface area contributed by atoms with Crippen molar-refractivity contribution in [3.8, 4) is 0 Å². The Hall–Kier alpha value is -1.86. The number of hydrogen-bond donors (Lipinski definition) is 2. The van der Waals surface area contributed by atoms with E-state index in [4.69, 9.17) is 23.2 Å². The molecule has 0 radical (unpaired) electrons. The van der Waals surface area contributed by atoms with E-state index in [1.165, 1.54) is 0 Å². The molecule has 0 aliphatic carbocycles. The molecule has 1 aromatic carbocycles. The van der Waals surface area contributed by atoms with Crippen LogP contribution in [0.3, 0.4) is 0 Å². The minimum Gasteiger partial charge on any atom is -0.481 e. The van der Waals surface area contributed by atoms with Crippen LogP contribution in [-0.4, -0.2) is 47.6 Å². The second-order valence-electron chi connectivity index (χ2n) is 9.94. The molecule has 1 heterocycles. The van der Waals surface area contributed by atoms with Gasteiger partial charge in [0.15, 0.2) is 8.32 Å². The largest absolute Gasteiger partial charge is 0.481 e. The summed E-state index contributed by atoms with van der Waals surface area (Å²) in [5, 5.41) is 10.7. The van der Waals surface area contributed by atoms with Gasteiger partial charge in [-0.3, -0.25) is 9.59 Å². The third-order valence-electron chi connectivity index (χ3n) is 6.28. The Morgan fingerprint density at radius 3 is 2.59 bits per heavy atom. The quantitative estimate of drug-likeness (QED) is 0.276. The number of hydrogen-bond acceptors (Lipinski definition) is 3. The van der Waals surface area contributed by atoms with E-state index < -0.39 is 25.7 Å². The number of likely N-dealkylation sites (tertiary alicyclic amines) is 1. The molecule has 5 nitrogen and oxygen atoms in total. The third kappa shape index (κ3) is 7.57. The number of carboxylic acids is 1. The molecule has 1 unspecified atom stereocenters. The lowest BCUT2D eigenvalue weighted by Crippen LogP contribution is -2.57. The lowest BCUT2D eigenvalue weighted by molar-refractivity contribution is -0.156. The molecule has 2 rings (SSSR count). The number of carbonyl (C=O) groups is 2. The summed E-state index contributed by atoms with van der Waals surface area (Å²) < 4.78 is 0. The van der Waals surface area contributed by atoms with Gasteiger partial charge in [0.05, 0.1) is 17.9 Å². The first-order chi connectivity index (χ1) is 15.8. The van der Waals surface area contributed by atoms with E-state index in [0.29, 0.717) is 41.1 Å². The van der Waals surface area contributed by atoms with Crippen LogP contribution in [0.25, 0.3) is 0 Å². The van der Waals surface area contributed by atoms with Crippen LogP contribution in [0, 0.1) is 5.41 Å². The molecule has 1 aromatic rings. The zero-order chi connectivity index (χ0) is 25.7. The van der Waals surface area contributed by atoms with Crippen LogP contribution in [0.1, 0.15) is 44.6 Å². The van der Waals surface area contributed by atoms with Gasteiger partial charge < -0.3 is 14.8 Å². The second kappa shape index (κ2) is 11.7. The van der Waals surface area contributed by atoms with Crippen LogP contribution in [0.4, 0.5) is 0 Å². The fourth-order valence-electron chi connectivity index (χ4n) is 4.66. The summed E-state index contributed by atoms with van der Waals surface area (Å²) in [6.45, 7) is 12.0. The first-order valence-electron chi connectivity index (χ1n) is 11.5. The van der Waals surface area contributed by atoms with Gasteiger partial charge in [-0.15, -0.1) is 0 Å². The van der Waals surface area contributed by atoms with E-state index in [1.807, 2.05) is 44.3 Å². The maximum absolute atomic E-state index is 13.8. The van der Waals surface area contributed by atoms with Crippen molar-refractivity contribution in [1.82, 2.24) is 4.90 Å². The van der Waals surface area contributed by atoms with Crippen molar-refractivity contribution in [3.05, 3.63) is 70.3 Å². The molecular formula is C26H35Cl2NO4Si. The van der Waals surface area contributed by atoms with Crippen molar-refractivity contribution >= 4 is 43.4 Å². The number of allylic oxidation sites excluding steroid dienone is 3. The average molecular weight is 525 g/mol. The van der Waals surface area contributed by atoms with E-state index in [1.54, 1.807) is 30.0 Å². The van der Waals surface area contributed by atoms with Crippen LogP contribution in [-0.2, 0) is 9.59 Å². The Labute approximate surface area is 213 Å². The summed E-state index contributed by atoms with van der Waals surface area (Å²) in [6.07, 6.45) is 6.03. The second-order valence-corrected chi connectivity index (χ2v) is 14.9. The molecule has 0 spiro atoms.